The molecule has 0 spiro atoms. The Morgan fingerprint density at radius 2 is 1.80 bits per heavy atom. The van der Waals surface area contributed by atoms with Crippen molar-refractivity contribution in [2.24, 2.45) is 14.1 Å². The van der Waals surface area contributed by atoms with E-state index < -0.39 is 23.2 Å². The van der Waals surface area contributed by atoms with Crippen LogP contribution in [0.2, 0.25) is 0 Å². The second kappa shape index (κ2) is 7.27. The molecule has 0 radical (unpaired) electrons. The molecule has 3 heterocycles. The Morgan fingerprint density at radius 3 is 2.53 bits per heavy atom. The van der Waals surface area contributed by atoms with Gasteiger partial charge in [0.05, 0.1) is 11.8 Å². The maximum atomic E-state index is 13.2. The highest BCUT2D eigenvalue weighted by atomic mass is 32.2. The van der Waals surface area contributed by atoms with Gasteiger partial charge in [-0.3, -0.25) is 13.9 Å². The lowest BCUT2D eigenvalue weighted by atomic mass is 10.2. The van der Waals surface area contributed by atoms with Crippen LogP contribution < -0.4 is 11.2 Å². The molecule has 0 amide bonds. The summed E-state index contributed by atoms with van der Waals surface area (Å²) in [6.45, 7) is 0.286. The van der Waals surface area contributed by atoms with E-state index >= 15 is 0 Å². The van der Waals surface area contributed by atoms with Crippen LogP contribution in [0.25, 0.3) is 22.1 Å². The molecule has 0 fully saturated rings. The summed E-state index contributed by atoms with van der Waals surface area (Å²) in [5.41, 5.74) is -0.260. The average Bonchev–Trinajstić information content (AvgIpc) is 3.14. The third-order valence-corrected chi connectivity index (χ3v) is 5.58. The minimum absolute atomic E-state index is 0.206. The van der Waals surface area contributed by atoms with Crippen LogP contribution in [-0.4, -0.2) is 34.4 Å². The molecule has 0 saturated heterocycles. The first-order chi connectivity index (χ1) is 14.2. The summed E-state index contributed by atoms with van der Waals surface area (Å²) in [5, 5.41) is 0.724. The number of halogens is 3. The van der Waals surface area contributed by atoms with Gasteiger partial charge in [0.15, 0.2) is 11.2 Å². The normalized spacial score (nSPS) is 12.2. The zero-order chi connectivity index (χ0) is 21.6. The van der Waals surface area contributed by atoms with E-state index in [9.17, 15) is 22.8 Å². The molecule has 0 aliphatic heterocycles. The predicted molar refractivity (Wildman–Crippen MR) is 105 cm³/mol. The molecule has 0 aliphatic carbocycles. The van der Waals surface area contributed by atoms with Gasteiger partial charge < -0.3 is 4.57 Å². The summed E-state index contributed by atoms with van der Waals surface area (Å²) in [6, 6.07) is 6.48. The smallest absolute Gasteiger partial charge is 0.324 e. The number of thioether (sulfide) groups is 1. The van der Waals surface area contributed by atoms with E-state index in [0.29, 0.717) is 11.1 Å². The average molecular weight is 436 g/mol. The maximum absolute atomic E-state index is 13.2. The van der Waals surface area contributed by atoms with Crippen molar-refractivity contribution in [1.82, 2.24) is 28.7 Å². The Morgan fingerprint density at radius 1 is 1.07 bits per heavy atom. The van der Waals surface area contributed by atoms with E-state index in [0.717, 1.165) is 16.3 Å². The highest BCUT2D eigenvalue weighted by Crippen LogP contribution is 2.32. The molecule has 3 aromatic heterocycles. The number of aromatic nitrogens is 6. The fourth-order valence-electron chi connectivity index (χ4n) is 3.09. The van der Waals surface area contributed by atoms with Gasteiger partial charge in [-0.15, -0.1) is 11.8 Å². The molecule has 0 atom stereocenters. The molecule has 1 aromatic carbocycles. The standard InChI is InChI=1S/C18H15F3N6O2S/c1-25-13-12(15(28)26(2)17(25)29)27(9-22-13)7-8-30-14-10-5-3-4-6-11(10)23-16(24-14)18(19,20)21/h3-6,9H,7-8H2,1-2H3. The molecule has 4 aromatic rings. The van der Waals surface area contributed by atoms with Gasteiger partial charge in [0, 0.05) is 31.8 Å². The predicted octanol–water partition coefficient (Wildman–Crippen LogP) is 2.19. The van der Waals surface area contributed by atoms with Gasteiger partial charge in [0.2, 0.25) is 5.82 Å². The second-order valence-corrected chi connectivity index (χ2v) is 7.62. The summed E-state index contributed by atoms with van der Waals surface area (Å²) < 4.78 is 43.3. The highest BCUT2D eigenvalue weighted by molar-refractivity contribution is 7.99. The van der Waals surface area contributed by atoms with Crippen LogP contribution in [-0.2, 0) is 26.8 Å². The number of hydrogen-bond donors (Lipinski definition) is 0. The Bertz CT molecular complexity index is 1390. The van der Waals surface area contributed by atoms with Crippen molar-refractivity contribution in [3.8, 4) is 0 Å². The van der Waals surface area contributed by atoms with Gasteiger partial charge in [0.1, 0.15) is 5.03 Å². The lowest BCUT2D eigenvalue weighted by Crippen LogP contribution is -2.37. The summed E-state index contributed by atoms with van der Waals surface area (Å²) in [7, 11) is 2.89. The topological polar surface area (TPSA) is 87.6 Å². The molecule has 4 rings (SSSR count). The zero-order valence-electron chi connectivity index (χ0n) is 15.8. The Kier molecular flexibility index (Phi) is 4.88. The van der Waals surface area contributed by atoms with Gasteiger partial charge in [-0.2, -0.15) is 13.2 Å². The molecule has 0 saturated carbocycles. The second-order valence-electron chi connectivity index (χ2n) is 6.53. The molecule has 30 heavy (non-hydrogen) atoms. The van der Waals surface area contributed by atoms with Crippen molar-refractivity contribution < 1.29 is 13.2 Å². The van der Waals surface area contributed by atoms with E-state index in [1.54, 1.807) is 22.8 Å². The number of hydrogen-bond acceptors (Lipinski definition) is 6. The van der Waals surface area contributed by atoms with Crippen molar-refractivity contribution in [2.45, 2.75) is 17.7 Å². The van der Waals surface area contributed by atoms with Crippen LogP contribution in [0, 0.1) is 0 Å². The summed E-state index contributed by atoms with van der Waals surface area (Å²) in [4.78, 5) is 35.9. The Labute approximate surface area is 171 Å². The van der Waals surface area contributed by atoms with Crippen LogP contribution in [0.5, 0.6) is 0 Å². The first-order valence-corrected chi connectivity index (χ1v) is 9.74. The van der Waals surface area contributed by atoms with Crippen LogP contribution in [0.4, 0.5) is 13.2 Å². The van der Waals surface area contributed by atoms with Crippen LogP contribution in [0.3, 0.4) is 0 Å². The fraction of sp³-hybridized carbons (Fsp3) is 0.278. The van der Waals surface area contributed by atoms with Crippen molar-refractivity contribution >= 4 is 33.8 Å². The lowest BCUT2D eigenvalue weighted by Gasteiger charge is -2.11. The first kappa shape index (κ1) is 20.1. The number of aryl methyl sites for hydroxylation is 2. The molecule has 0 bridgehead atoms. The Balaban J connectivity index is 1.66. The van der Waals surface area contributed by atoms with Gasteiger partial charge in [-0.05, 0) is 6.07 Å². The van der Waals surface area contributed by atoms with Gasteiger partial charge in [-0.25, -0.2) is 19.7 Å². The molecular weight excluding hydrogens is 421 g/mol. The van der Waals surface area contributed by atoms with Crippen molar-refractivity contribution in [3.63, 3.8) is 0 Å². The van der Waals surface area contributed by atoms with E-state index in [-0.39, 0.29) is 28.3 Å². The third-order valence-electron chi connectivity index (χ3n) is 4.61. The van der Waals surface area contributed by atoms with E-state index in [2.05, 4.69) is 15.0 Å². The van der Waals surface area contributed by atoms with Gasteiger partial charge in [0.25, 0.3) is 5.56 Å². The number of nitrogens with zero attached hydrogens (tertiary/aromatic N) is 6. The minimum atomic E-state index is -4.66. The number of imidazole rings is 1. The van der Waals surface area contributed by atoms with Gasteiger partial charge in [-0.1, -0.05) is 18.2 Å². The van der Waals surface area contributed by atoms with Crippen molar-refractivity contribution in [1.29, 1.82) is 0 Å². The number of para-hydroxylation sites is 1. The molecular formula is C18H15F3N6O2S. The van der Waals surface area contributed by atoms with Gasteiger partial charge >= 0.3 is 11.9 Å². The monoisotopic (exact) mass is 436 g/mol. The molecule has 0 aliphatic rings. The quantitative estimate of drug-likeness (QED) is 0.360. The minimum Gasteiger partial charge on any atom is -0.324 e. The van der Waals surface area contributed by atoms with E-state index in [1.165, 1.54) is 31.1 Å². The van der Waals surface area contributed by atoms with E-state index in [1.807, 2.05) is 0 Å². The highest BCUT2D eigenvalue weighted by Gasteiger charge is 2.35. The van der Waals surface area contributed by atoms with Crippen molar-refractivity contribution in [3.05, 3.63) is 57.3 Å². The molecule has 0 unspecified atom stereocenters. The molecule has 0 N–H and O–H groups in total. The fourth-order valence-corrected chi connectivity index (χ4v) is 4.05. The lowest BCUT2D eigenvalue weighted by molar-refractivity contribution is -0.145. The van der Waals surface area contributed by atoms with Crippen molar-refractivity contribution in [2.75, 3.05) is 5.75 Å². The van der Waals surface area contributed by atoms with Crippen LogP contribution >= 0.6 is 11.8 Å². The van der Waals surface area contributed by atoms with Crippen LogP contribution in [0.15, 0.2) is 45.2 Å². The third kappa shape index (κ3) is 3.36. The molecule has 156 valence electrons. The van der Waals surface area contributed by atoms with Crippen LogP contribution in [0.1, 0.15) is 5.82 Å². The first-order valence-electron chi connectivity index (χ1n) is 8.76. The summed E-state index contributed by atoms with van der Waals surface area (Å²) in [6.07, 6.45) is -3.22. The summed E-state index contributed by atoms with van der Waals surface area (Å²) >= 11 is 1.13. The molecule has 8 nitrogen and oxygen atoms in total. The summed E-state index contributed by atoms with van der Waals surface area (Å²) in [5.74, 6) is -0.865. The number of alkyl halides is 3. The molecule has 12 heteroatoms. The number of fused-ring (bicyclic) bond motifs is 2. The largest absolute Gasteiger partial charge is 0.451 e. The Hall–Kier alpha value is -3.15. The van der Waals surface area contributed by atoms with E-state index in [4.69, 9.17) is 0 Å². The number of rotatable bonds is 4. The number of benzene rings is 1. The SMILES string of the molecule is Cn1c(=O)c2c(ncn2CCSc2nc(C(F)(F)F)nc3ccccc23)n(C)c1=O. The maximum Gasteiger partial charge on any atom is 0.451 e. The zero-order valence-corrected chi connectivity index (χ0v) is 16.7.